The molecule has 0 aromatic heterocycles. The van der Waals surface area contributed by atoms with E-state index >= 15 is 0 Å². The van der Waals surface area contributed by atoms with Crippen molar-refractivity contribution in [2.45, 2.75) is 233 Å². The fourth-order valence-electron chi connectivity index (χ4n) is 0. The molecule has 0 atom stereocenters. The minimum absolute atomic E-state index is 0. The van der Waals surface area contributed by atoms with Gasteiger partial charge in [-0.15, -0.1) is 0 Å². The van der Waals surface area contributed by atoms with E-state index in [9.17, 15) is 0 Å². The molecule has 0 aliphatic carbocycles. The van der Waals surface area contributed by atoms with E-state index < -0.39 is 0 Å². The number of rotatable bonds is 0. The molecule has 47 heavy (non-hydrogen) atoms. The van der Waals surface area contributed by atoms with Gasteiger partial charge in [-0.3, -0.25) is 0 Å². The predicted octanol–water partition coefficient (Wildman–Crippen LogP) is 13.3. The van der Waals surface area contributed by atoms with E-state index in [4.69, 9.17) is 0 Å². The summed E-state index contributed by atoms with van der Waals surface area (Å²) in [6, 6.07) is 0. The van der Waals surface area contributed by atoms with Gasteiger partial charge in [-0.05, 0) is 30.2 Å². The van der Waals surface area contributed by atoms with Gasteiger partial charge in [-0.25, -0.2) is 0 Å². The molecule has 0 spiro atoms. The molecule has 0 amide bonds. The molecule has 0 bridgehead atoms. The summed E-state index contributed by atoms with van der Waals surface area (Å²) in [6.07, 6.45) is 0. The van der Waals surface area contributed by atoms with Gasteiger partial charge in [-0.1, -0.05) is 203 Å². The molecule has 0 saturated heterocycles. The molecule has 26 radical (unpaired) electrons. The van der Waals surface area contributed by atoms with Crippen LogP contribution in [0.25, 0.3) is 0 Å². The fourth-order valence-corrected chi connectivity index (χ4v) is 0. The van der Waals surface area contributed by atoms with Gasteiger partial charge in [0.2, 0.25) is 0 Å². The van der Waals surface area contributed by atoms with Crippen LogP contribution in [-0.4, -0.2) is 172 Å². The zero-order valence-electron chi connectivity index (χ0n) is 38.5. The van der Waals surface area contributed by atoms with Gasteiger partial charge in [0.05, 0.1) is 0 Å². The molecule has 11 heteroatoms. The third kappa shape index (κ3) is 73.1. The van der Waals surface area contributed by atoms with Crippen LogP contribution in [0.4, 0.5) is 0 Å². The molecule has 0 aliphatic rings. The van der Waals surface area contributed by atoms with Gasteiger partial charge in [0.1, 0.15) is 0 Å². The first-order valence-electron chi connectivity index (χ1n) is 16.5. The first-order valence-corrected chi connectivity index (χ1v) is 31.5. The second kappa shape index (κ2) is 36.9. The Hall–Kier alpha value is 5.29. The molecule has 0 fully saturated rings. The Kier molecular flexibility index (Phi) is 63.4. The molecule has 0 aromatic rings. The smallest absolute Gasteiger partial charge is 0.0470 e. The van der Waals surface area contributed by atoms with E-state index in [2.05, 4.69) is 203 Å². The van der Waals surface area contributed by atoms with Gasteiger partial charge in [0.15, 0.2) is 0 Å². The molecular weight excluding hydrogens is 1190 g/mol. The van der Waals surface area contributed by atoms with Gasteiger partial charge in [-0.2, -0.15) is 0 Å². The maximum Gasteiger partial charge on any atom is 0.0470 e. The molecule has 0 nitrogen and oxygen atoms in total. The van der Waals surface area contributed by atoms with Crippen LogP contribution >= 0.6 is 0 Å². The molecule has 0 aromatic carbocycles. The summed E-state index contributed by atoms with van der Waals surface area (Å²) >= 11 is 0. The summed E-state index contributed by atoms with van der Waals surface area (Å²) in [5.74, 6) is 0. The molecule has 0 N–H and O–H groups in total. The van der Waals surface area contributed by atoms with Crippen molar-refractivity contribution in [3.05, 3.63) is 0 Å². The molecule has 0 saturated carbocycles. The van der Waals surface area contributed by atoms with Crippen LogP contribution in [-0.2, 0) is 0 Å². The third-order valence-corrected chi connectivity index (χ3v) is 27.0. The molecule has 0 heterocycles. The first-order chi connectivity index (χ1) is 17.7. The predicted molar refractivity (Wildman–Crippen MR) is 252 cm³/mol. The molecular formula is C36H90Si6Sn5. The van der Waals surface area contributed by atoms with E-state index in [0.29, 0.717) is 30.2 Å². The largest absolute Gasteiger partial charge is 0.0709 e. The van der Waals surface area contributed by atoms with E-state index in [1.165, 1.54) is 0 Å². The van der Waals surface area contributed by atoms with Crippen molar-refractivity contribution in [2.75, 3.05) is 0 Å². The Bertz CT molecular complexity index is 461. The van der Waals surface area contributed by atoms with E-state index in [1.807, 2.05) is 0 Å². The molecule has 0 rings (SSSR count). The molecule has 0 unspecified atom stereocenters. The molecule has 278 valence electrons. The Morgan fingerprint density at radius 2 is 0.191 bits per heavy atom. The Balaban J connectivity index is -0.0000000360. The number of hydrogen-bond donors (Lipinski definition) is 0. The maximum atomic E-state index is 2.35. The van der Waals surface area contributed by atoms with Crippen LogP contribution in [0.15, 0.2) is 0 Å². The first kappa shape index (κ1) is 80.7. The SMILES string of the molecule is C[Si](C)C(C)(C)C.C[Si](C)C(C)(C)C.C[Si](C)C(C)(C)C.C[Si](C)C(C)(C)C.C[Si](C)C(C)(C)C.C[Si](C)C(C)(C)C.[Sn].[Sn].[Sn].[Sn].[Sn]. The van der Waals surface area contributed by atoms with E-state index in [1.54, 1.807) is 0 Å². The van der Waals surface area contributed by atoms with Crippen LogP contribution in [0.3, 0.4) is 0 Å². The van der Waals surface area contributed by atoms with Crippen molar-refractivity contribution in [2.24, 2.45) is 0 Å². The van der Waals surface area contributed by atoms with Gasteiger partial charge >= 0.3 is 0 Å². The second-order valence-corrected chi connectivity index (χ2v) is 40.5. The monoisotopic (exact) mass is 1290 g/mol. The van der Waals surface area contributed by atoms with Crippen LogP contribution in [0.1, 0.15) is 125 Å². The van der Waals surface area contributed by atoms with Crippen molar-refractivity contribution in [1.82, 2.24) is 0 Å². The summed E-state index contributed by atoms with van der Waals surface area (Å²) in [5.41, 5.74) is 0. The molecule has 0 aliphatic heterocycles. The topological polar surface area (TPSA) is 0 Å². The minimum atomic E-state index is -0.0502. The fraction of sp³-hybridized carbons (Fsp3) is 1.00. The Labute approximate surface area is 400 Å². The second-order valence-electron chi connectivity index (χ2n) is 19.5. The number of hydrogen-bond acceptors (Lipinski definition) is 0. The summed E-state index contributed by atoms with van der Waals surface area (Å²) in [5, 5.41) is 3.61. The van der Waals surface area contributed by atoms with Crippen molar-refractivity contribution >= 4 is 172 Å². The van der Waals surface area contributed by atoms with Gasteiger partial charge in [0.25, 0.3) is 0 Å². The van der Waals surface area contributed by atoms with Crippen LogP contribution in [0.2, 0.25) is 109 Å². The van der Waals surface area contributed by atoms with Crippen LogP contribution < -0.4 is 0 Å². The maximum absolute atomic E-state index is 2.35. The Morgan fingerprint density at radius 1 is 0.170 bits per heavy atom. The quantitative estimate of drug-likeness (QED) is 0.212. The van der Waals surface area contributed by atoms with Crippen LogP contribution in [0, 0.1) is 0 Å². The van der Waals surface area contributed by atoms with E-state index in [0.717, 1.165) is 0 Å². The zero-order valence-corrected chi connectivity index (χ0v) is 58.8. The summed E-state index contributed by atoms with van der Waals surface area (Å²) in [6.45, 7) is 69.7. The normalized spacial score (nSPS) is 11.5. The van der Waals surface area contributed by atoms with Crippen LogP contribution in [0.5, 0.6) is 0 Å². The van der Waals surface area contributed by atoms with Crippen molar-refractivity contribution < 1.29 is 0 Å². The average Bonchev–Trinajstić information content (AvgIpc) is 2.65. The third-order valence-electron chi connectivity index (χ3n) is 9.00. The Morgan fingerprint density at radius 3 is 0.191 bits per heavy atom. The van der Waals surface area contributed by atoms with Gasteiger partial charge in [0, 0.05) is 172 Å². The summed E-state index contributed by atoms with van der Waals surface area (Å²) < 4.78 is 0. The van der Waals surface area contributed by atoms with Gasteiger partial charge < -0.3 is 0 Å². The van der Waals surface area contributed by atoms with Crippen molar-refractivity contribution in [3.8, 4) is 0 Å². The zero-order chi connectivity index (χ0) is 36.5. The van der Waals surface area contributed by atoms with E-state index in [-0.39, 0.29) is 172 Å². The van der Waals surface area contributed by atoms with Crippen molar-refractivity contribution in [3.63, 3.8) is 0 Å². The average molecular weight is 1290 g/mol. The minimum Gasteiger partial charge on any atom is -0.0709 e. The standard InChI is InChI=1S/6C6H15Si.5Sn/c6*1-6(2,3)7(4)5;;;;;/h6*1-5H3;;;;;. The van der Waals surface area contributed by atoms with Crippen molar-refractivity contribution in [1.29, 1.82) is 0 Å². The summed E-state index contributed by atoms with van der Waals surface area (Å²) in [7, 11) is -0.301. The summed E-state index contributed by atoms with van der Waals surface area (Å²) in [4.78, 5) is 0.